The van der Waals surface area contributed by atoms with E-state index in [4.69, 9.17) is 8.92 Å². The van der Waals surface area contributed by atoms with Gasteiger partial charge in [-0.25, -0.2) is 4.79 Å². The number of nitrogens with one attached hydrogen (secondary N) is 1. The zero-order valence-electron chi connectivity index (χ0n) is 19.7. The summed E-state index contributed by atoms with van der Waals surface area (Å²) in [5.41, 5.74) is 3.05. The lowest BCUT2D eigenvalue weighted by molar-refractivity contribution is -0.196. The molecule has 8 heteroatoms. The van der Waals surface area contributed by atoms with Crippen molar-refractivity contribution in [3.05, 3.63) is 60.3 Å². The summed E-state index contributed by atoms with van der Waals surface area (Å²) in [6.45, 7) is 7.78. The Bertz CT molecular complexity index is 978. The van der Waals surface area contributed by atoms with E-state index in [1.54, 1.807) is 6.92 Å². The maximum atomic E-state index is 12.2. The van der Waals surface area contributed by atoms with Gasteiger partial charge in [0.1, 0.15) is 5.75 Å². The molecule has 0 aliphatic rings. The van der Waals surface area contributed by atoms with Crippen molar-refractivity contribution >= 4 is 34.6 Å². The minimum atomic E-state index is -1.01. The number of nitrogens with zero attached hydrogens (tertiary/aromatic N) is 1. The van der Waals surface area contributed by atoms with Crippen molar-refractivity contribution in [3.63, 3.8) is 0 Å². The predicted octanol–water partition coefficient (Wildman–Crippen LogP) is 6.20. The molecule has 0 amide bonds. The quantitative estimate of drug-likeness (QED) is 0.248. The summed E-state index contributed by atoms with van der Waals surface area (Å²) in [7, 11) is 0. The van der Waals surface area contributed by atoms with Crippen LogP contribution in [-0.4, -0.2) is 36.0 Å². The average Bonchev–Trinajstić information content (AvgIpc) is 3.25. The van der Waals surface area contributed by atoms with E-state index in [1.165, 1.54) is 17.6 Å². The van der Waals surface area contributed by atoms with Crippen LogP contribution in [0.3, 0.4) is 0 Å². The number of carbonyl (C=O) groups is 1. The van der Waals surface area contributed by atoms with Crippen LogP contribution >= 0.6 is 12.0 Å². The van der Waals surface area contributed by atoms with Gasteiger partial charge in [0.25, 0.3) is 0 Å². The first-order valence-corrected chi connectivity index (χ1v) is 12.4. The molecule has 3 aromatic rings. The number of halogens is 1. The highest BCUT2D eigenvalue weighted by molar-refractivity contribution is 7.94. The van der Waals surface area contributed by atoms with Crippen molar-refractivity contribution in [2.45, 2.75) is 46.3 Å². The van der Waals surface area contributed by atoms with Gasteiger partial charge in [0.15, 0.2) is 6.10 Å². The van der Waals surface area contributed by atoms with Crippen molar-refractivity contribution < 1.29 is 23.2 Å². The monoisotopic (exact) mass is 476 g/mol. The maximum Gasteiger partial charge on any atom is 0.377 e. The lowest BCUT2D eigenvalue weighted by Crippen LogP contribution is -2.27. The molecule has 1 atom stereocenters. The molecule has 3 rings (SSSR count). The Kier molecular flexibility index (Phi) is 11.6. The molecule has 0 saturated carbocycles. The molecule has 2 aromatic carbocycles. The van der Waals surface area contributed by atoms with Gasteiger partial charge in [0, 0.05) is 59.7 Å². The van der Waals surface area contributed by atoms with Gasteiger partial charge in [0.2, 0.25) is 0 Å². The van der Waals surface area contributed by atoms with Crippen LogP contribution in [0.15, 0.2) is 54.7 Å². The highest BCUT2D eigenvalue weighted by Crippen LogP contribution is 2.24. The summed E-state index contributed by atoms with van der Waals surface area (Å²) in [4.78, 5) is 14.7. The molecule has 1 heterocycles. The fraction of sp³-hybridized carbons (Fsp3) is 0.400. The molecule has 1 unspecified atom stereocenters. The van der Waals surface area contributed by atoms with Gasteiger partial charge in [-0.3, -0.25) is 4.94 Å². The van der Waals surface area contributed by atoms with Gasteiger partial charge in [-0.05, 0) is 55.3 Å². The molecule has 33 heavy (non-hydrogen) atoms. The van der Waals surface area contributed by atoms with E-state index >= 15 is 0 Å². The molecular weight excluding hydrogens is 443 g/mol. The summed E-state index contributed by atoms with van der Waals surface area (Å²) in [5, 5.41) is 4.57. The van der Waals surface area contributed by atoms with E-state index in [9.17, 15) is 9.32 Å². The fourth-order valence-electron chi connectivity index (χ4n) is 3.44. The molecular formula is C25H33FN2O4S. The molecule has 0 spiro atoms. The average molecular weight is 477 g/mol. The van der Waals surface area contributed by atoms with Crippen LogP contribution in [0, 0.1) is 0 Å². The normalized spacial score (nSPS) is 11.4. The molecule has 0 aliphatic heterocycles. The predicted molar refractivity (Wildman–Crippen MR) is 133 cm³/mol. The SMILES string of the molecule is CC.CCOC(Cc1ccc(NCCCn2ccc3cc(OSC)ccc32)cc1)C(=O)OF. The van der Waals surface area contributed by atoms with Crippen LogP contribution < -0.4 is 9.50 Å². The molecule has 1 aromatic heterocycles. The summed E-state index contributed by atoms with van der Waals surface area (Å²) in [5.74, 6) is -0.147. The van der Waals surface area contributed by atoms with Crippen LogP contribution in [0.5, 0.6) is 5.75 Å². The van der Waals surface area contributed by atoms with Crippen LogP contribution in [-0.2, 0) is 27.4 Å². The second kappa shape index (κ2) is 14.4. The topological polar surface area (TPSA) is 61.7 Å². The third-order valence-corrected chi connectivity index (χ3v) is 5.27. The van der Waals surface area contributed by atoms with Gasteiger partial charge in [-0.15, -0.1) is 0 Å². The third-order valence-electron chi connectivity index (χ3n) is 4.91. The Morgan fingerprint density at radius 3 is 2.58 bits per heavy atom. The number of benzene rings is 2. The van der Waals surface area contributed by atoms with E-state index in [-0.39, 0.29) is 6.42 Å². The summed E-state index contributed by atoms with van der Waals surface area (Å²) < 4.78 is 25.2. The van der Waals surface area contributed by atoms with Crippen molar-refractivity contribution in [2.75, 3.05) is 24.7 Å². The van der Waals surface area contributed by atoms with E-state index in [0.29, 0.717) is 6.61 Å². The fourth-order valence-corrected chi connectivity index (χ4v) is 3.73. The van der Waals surface area contributed by atoms with Crippen LogP contribution in [0.2, 0.25) is 0 Å². The van der Waals surface area contributed by atoms with Crippen molar-refractivity contribution in [1.82, 2.24) is 4.57 Å². The summed E-state index contributed by atoms with van der Waals surface area (Å²) in [6, 6.07) is 15.9. The number of hydrogen-bond acceptors (Lipinski definition) is 6. The summed E-state index contributed by atoms with van der Waals surface area (Å²) >= 11 is 1.34. The number of aryl methyl sites for hydroxylation is 1. The highest BCUT2D eigenvalue weighted by atomic mass is 32.2. The Labute approximate surface area is 199 Å². The van der Waals surface area contributed by atoms with E-state index in [2.05, 4.69) is 33.2 Å². The first-order valence-electron chi connectivity index (χ1n) is 11.2. The number of ether oxygens (including phenoxy) is 1. The molecule has 0 radical (unpaired) electrons. The smallest absolute Gasteiger partial charge is 0.377 e. The molecule has 1 N–H and O–H groups in total. The number of fused-ring (bicyclic) bond motifs is 1. The van der Waals surface area contributed by atoms with Crippen molar-refractivity contribution in [3.8, 4) is 5.75 Å². The summed E-state index contributed by atoms with van der Waals surface area (Å²) in [6.07, 6.45) is 4.29. The Morgan fingerprint density at radius 2 is 1.91 bits per heavy atom. The van der Waals surface area contributed by atoms with Gasteiger partial charge in [-0.1, -0.05) is 26.0 Å². The third kappa shape index (κ3) is 7.98. The standard InChI is InChI=1S/C23H27FN2O4S.C2H6/c1-3-28-22(23(27)29-24)15-17-5-7-19(8-6-17)25-12-4-13-26-14-11-18-16-20(30-31-2)9-10-21(18)26;1-2/h5-11,14,16,22,25H,3-4,12-13,15H2,1-2H3;1-2H3. The number of carbonyl (C=O) groups excluding carboxylic acids is 1. The lowest BCUT2D eigenvalue weighted by Gasteiger charge is -2.13. The van der Waals surface area contributed by atoms with Gasteiger partial charge < -0.3 is 18.8 Å². The number of hydrogen-bond donors (Lipinski definition) is 1. The van der Waals surface area contributed by atoms with Gasteiger partial charge in [-0.2, -0.15) is 0 Å². The van der Waals surface area contributed by atoms with E-state index < -0.39 is 12.1 Å². The Morgan fingerprint density at radius 1 is 1.15 bits per heavy atom. The molecule has 0 bridgehead atoms. The zero-order valence-corrected chi connectivity index (χ0v) is 20.5. The van der Waals surface area contributed by atoms with Crippen molar-refractivity contribution in [2.24, 2.45) is 0 Å². The molecule has 0 saturated heterocycles. The van der Waals surface area contributed by atoms with E-state index in [0.717, 1.165) is 41.9 Å². The van der Waals surface area contributed by atoms with Crippen LogP contribution in [0.4, 0.5) is 10.2 Å². The minimum absolute atomic E-state index is 0.265. The van der Waals surface area contributed by atoms with Gasteiger partial charge in [0.05, 0.1) is 12.0 Å². The largest absolute Gasteiger partial charge is 0.426 e. The zero-order chi connectivity index (χ0) is 24.1. The molecule has 0 fully saturated rings. The Balaban J connectivity index is 0.00000187. The molecule has 6 nitrogen and oxygen atoms in total. The first-order chi connectivity index (χ1) is 16.1. The van der Waals surface area contributed by atoms with Crippen molar-refractivity contribution in [1.29, 1.82) is 0 Å². The minimum Gasteiger partial charge on any atom is -0.426 e. The number of anilines is 1. The second-order valence-electron chi connectivity index (χ2n) is 7.00. The lowest BCUT2D eigenvalue weighted by atomic mass is 10.1. The molecule has 180 valence electrons. The van der Waals surface area contributed by atoms with Crippen LogP contribution in [0.25, 0.3) is 10.9 Å². The molecule has 0 aliphatic carbocycles. The van der Waals surface area contributed by atoms with E-state index in [1.807, 2.05) is 56.5 Å². The van der Waals surface area contributed by atoms with Crippen LogP contribution in [0.1, 0.15) is 32.8 Å². The maximum absolute atomic E-state index is 12.2. The second-order valence-corrected chi connectivity index (χ2v) is 7.50. The first kappa shape index (κ1) is 26.5. The number of aromatic nitrogens is 1. The highest BCUT2D eigenvalue weighted by Gasteiger charge is 2.21. The number of rotatable bonds is 12. The Hall–Kier alpha value is -2.71. The van der Waals surface area contributed by atoms with Gasteiger partial charge >= 0.3 is 5.97 Å².